The van der Waals surface area contributed by atoms with Gasteiger partial charge >= 0.3 is 0 Å². The number of para-hydroxylation sites is 3. The molecule has 3 heterocycles. The van der Waals surface area contributed by atoms with Crippen molar-refractivity contribution in [2.45, 2.75) is 33.7 Å². The number of rotatable bonds is 4. The number of aryl methyl sites for hydroxylation is 2. The normalized spacial score (nSPS) is 11.5. The van der Waals surface area contributed by atoms with Crippen molar-refractivity contribution < 1.29 is 26.2 Å². The van der Waals surface area contributed by atoms with Crippen molar-refractivity contribution in [1.82, 2.24) is 19.5 Å². The standard InChI is InChI=1S/C35H29N4O.Pt/c1-20(2)39-30-12-6-10-26(33(30)38-35(39)27-11-5-8-23-14-15-36-32(23)27)29-19-28(24-17-21(3)16-22(4)18-24)25-9-7-13-31(40)34(25)37-29;/h5-20H,1-4H3,(H-,36,37,38,40);/q-1;. The number of fused-ring (bicyclic) bond motifs is 3. The van der Waals surface area contributed by atoms with Gasteiger partial charge in [-0.2, -0.15) is 6.20 Å². The number of benzene rings is 4. The number of hydrogen-bond donors (Lipinski definition) is 1. The molecule has 0 radical (unpaired) electrons. The summed E-state index contributed by atoms with van der Waals surface area (Å²) >= 11 is 0. The second-order valence-electron chi connectivity index (χ2n) is 10.9. The van der Waals surface area contributed by atoms with E-state index >= 15 is 0 Å². The fourth-order valence-corrected chi connectivity index (χ4v) is 5.99. The van der Waals surface area contributed by atoms with Crippen LogP contribution in [0.3, 0.4) is 0 Å². The molecule has 0 unspecified atom stereocenters. The van der Waals surface area contributed by atoms with Gasteiger partial charge < -0.3 is 14.7 Å². The van der Waals surface area contributed by atoms with Crippen LogP contribution in [0.4, 0.5) is 0 Å². The Morgan fingerprint density at radius 1 is 0.756 bits per heavy atom. The van der Waals surface area contributed by atoms with Gasteiger partial charge in [0.15, 0.2) is 0 Å². The predicted octanol–water partition coefficient (Wildman–Crippen LogP) is 8.60. The van der Waals surface area contributed by atoms with Crippen LogP contribution in [0.5, 0.6) is 5.75 Å². The van der Waals surface area contributed by atoms with E-state index < -0.39 is 0 Å². The van der Waals surface area contributed by atoms with Gasteiger partial charge in [-0.05, 0) is 62.4 Å². The summed E-state index contributed by atoms with van der Waals surface area (Å²) in [7, 11) is 0. The monoisotopic (exact) mass is 716 g/mol. The molecule has 6 heteroatoms. The van der Waals surface area contributed by atoms with Crippen molar-refractivity contribution in [3.05, 3.63) is 102 Å². The minimum Gasteiger partial charge on any atom is -0.663 e. The largest absolute Gasteiger partial charge is 0.663 e. The van der Waals surface area contributed by atoms with Gasteiger partial charge in [0.1, 0.15) is 17.1 Å². The molecule has 0 aliphatic heterocycles. The molecule has 0 saturated heterocycles. The summed E-state index contributed by atoms with van der Waals surface area (Å²) in [5, 5.41) is 12.9. The fourth-order valence-electron chi connectivity index (χ4n) is 5.99. The predicted molar refractivity (Wildman–Crippen MR) is 164 cm³/mol. The van der Waals surface area contributed by atoms with Crippen LogP contribution < -0.4 is 4.98 Å². The van der Waals surface area contributed by atoms with Crippen LogP contribution in [0.1, 0.15) is 31.0 Å². The summed E-state index contributed by atoms with van der Waals surface area (Å²) in [6.07, 6.45) is 1.85. The average molecular weight is 717 g/mol. The first-order valence-electron chi connectivity index (χ1n) is 13.6. The van der Waals surface area contributed by atoms with E-state index in [1.54, 1.807) is 6.07 Å². The Labute approximate surface area is 253 Å². The van der Waals surface area contributed by atoms with Crippen molar-refractivity contribution in [1.29, 1.82) is 0 Å². The molecule has 0 amide bonds. The molecule has 5 nitrogen and oxygen atoms in total. The molecular formula is C35H29N4OPt-. The van der Waals surface area contributed by atoms with E-state index in [-0.39, 0.29) is 32.9 Å². The van der Waals surface area contributed by atoms with Gasteiger partial charge in [0.05, 0.1) is 16.7 Å². The van der Waals surface area contributed by atoms with Gasteiger partial charge in [0.2, 0.25) is 0 Å². The molecular weight excluding hydrogens is 687 g/mol. The van der Waals surface area contributed by atoms with Crippen LogP contribution in [0.25, 0.3) is 66.6 Å². The number of imidazole rings is 1. The maximum absolute atomic E-state index is 10.9. The van der Waals surface area contributed by atoms with E-state index in [1.807, 2.05) is 24.4 Å². The zero-order valence-electron chi connectivity index (χ0n) is 23.3. The zero-order chi connectivity index (χ0) is 27.5. The molecule has 0 atom stereocenters. The molecule has 7 aromatic rings. The van der Waals surface area contributed by atoms with E-state index in [9.17, 15) is 5.11 Å². The smallest absolute Gasteiger partial charge is 0.141 e. The maximum atomic E-state index is 10.9. The Kier molecular flexibility index (Phi) is 6.79. The van der Waals surface area contributed by atoms with Gasteiger partial charge in [-0.15, -0.1) is 5.52 Å². The summed E-state index contributed by atoms with van der Waals surface area (Å²) in [5.74, 6) is 1.06. The van der Waals surface area contributed by atoms with Crippen molar-refractivity contribution in [3.8, 4) is 39.5 Å². The van der Waals surface area contributed by atoms with Crippen LogP contribution in [0, 0.1) is 13.8 Å². The third-order valence-electron chi connectivity index (χ3n) is 7.63. The first-order valence-corrected chi connectivity index (χ1v) is 13.6. The molecule has 7 rings (SSSR count). The second-order valence-corrected chi connectivity index (χ2v) is 10.9. The first-order chi connectivity index (χ1) is 19.4. The second kappa shape index (κ2) is 10.3. The topological polar surface area (TPSA) is 65.0 Å². The van der Waals surface area contributed by atoms with Crippen molar-refractivity contribution >= 4 is 32.8 Å². The summed E-state index contributed by atoms with van der Waals surface area (Å²) in [6.45, 7) is 8.59. The van der Waals surface area contributed by atoms with Crippen LogP contribution in [-0.2, 0) is 21.1 Å². The summed E-state index contributed by atoms with van der Waals surface area (Å²) < 4.78 is 2.28. The van der Waals surface area contributed by atoms with Gasteiger partial charge in [0.25, 0.3) is 0 Å². The molecule has 0 bridgehead atoms. The fraction of sp³-hybridized carbons (Fsp3) is 0.143. The number of phenolic OH excluding ortho intramolecular Hbond substituents is 1. The Balaban J connectivity index is 0.00000302. The quantitative estimate of drug-likeness (QED) is 0.198. The summed E-state index contributed by atoms with van der Waals surface area (Å²) in [4.78, 5) is 14.9. The Bertz CT molecular complexity index is 2070. The number of aromatic hydroxyl groups is 1. The van der Waals surface area contributed by atoms with E-state index in [1.165, 1.54) is 11.1 Å². The van der Waals surface area contributed by atoms with Gasteiger partial charge in [-0.3, -0.25) is 0 Å². The molecule has 0 aliphatic carbocycles. The van der Waals surface area contributed by atoms with Crippen LogP contribution in [0.15, 0.2) is 91.1 Å². The van der Waals surface area contributed by atoms with Crippen molar-refractivity contribution in [3.63, 3.8) is 0 Å². The number of nitrogens with zero attached hydrogens (tertiary/aromatic N) is 4. The van der Waals surface area contributed by atoms with E-state index in [4.69, 9.17) is 9.97 Å². The third kappa shape index (κ3) is 4.45. The molecule has 206 valence electrons. The molecule has 1 N–H and O–H groups in total. The van der Waals surface area contributed by atoms with Gasteiger partial charge in [0, 0.05) is 43.6 Å². The van der Waals surface area contributed by atoms with Crippen LogP contribution >= 0.6 is 0 Å². The molecule has 3 aromatic heterocycles. The summed E-state index contributed by atoms with van der Waals surface area (Å²) in [5.41, 5.74) is 10.7. The van der Waals surface area contributed by atoms with E-state index in [0.717, 1.165) is 61.1 Å². The van der Waals surface area contributed by atoms with Gasteiger partial charge in [-0.25, -0.2) is 9.97 Å². The zero-order valence-corrected chi connectivity index (χ0v) is 25.6. The molecule has 0 aliphatic rings. The minimum absolute atomic E-state index is 0. The number of phenols is 1. The number of hydrogen-bond acceptors (Lipinski definition) is 3. The van der Waals surface area contributed by atoms with E-state index in [0.29, 0.717) is 5.52 Å². The number of aromatic nitrogens is 4. The average Bonchev–Trinajstić information content (AvgIpc) is 3.57. The van der Waals surface area contributed by atoms with Crippen LogP contribution in [-0.4, -0.2) is 19.6 Å². The Morgan fingerprint density at radius 2 is 1.49 bits per heavy atom. The number of pyridine rings is 1. The minimum atomic E-state index is 0. The third-order valence-corrected chi connectivity index (χ3v) is 7.63. The van der Waals surface area contributed by atoms with E-state index in [2.05, 4.69) is 97.9 Å². The van der Waals surface area contributed by atoms with Crippen molar-refractivity contribution in [2.75, 3.05) is 0 Å². The summed E-state index contributed by atoms with van der Waals surface area (Å²) in [6, 6.07) is 29.0. The van der Waals surface area contributed by atoms with Gasteiger partial charge in [-0.1, -0.05) is 77.9 Å². The molecule has 0 spiro atoms. The Hall–Kier alpha value is -4.21. The maximum Gasteiger partial charge on any atom is 0.141 e. The Morgan fingerprint density at radius 3 is 2.27 bits per heavy atom. The molecule has 0 saturated carbocycles. The van der Waals surface area contributed by atoms with Crippen LogP contribution in [0.2, 0.25) is 0 Å². The first kappa shape index (κ1) is 27.0. The molecule has 0 fully saturated rings. The SMILES string of the molecule is Cc1cc(C)cc(-c2cc(-c3cccc4c3nc(-c3cccc5cc[n-]c35)n4C(C)C)nc3c(O)cccc23)c1.[Pt]. The molecule has 4 aromatic carbocycles. The molecule has 41 heavy (non-hydrogen) atoms. The van der Waals surface area contributed by atoms with Crippen molar-refractivity contribution in [2.24, 2.45) is 0 Å².